The minimum atomic E-state index is -0.273. The van der Waals surface area contributed by atoms with Crippen molar-refractivity contribution in [1.82, 2.24) is 0 Å². The van der Waals surface area contributed by atoms with E-state index in [-0.39, 0.29) is 25.0 Å². The molecule has 3 rings (SSSR count). The predicted molar refractivity (Wildman–Crippen MR) is 90.5 cm³/mol. The number of likely N-dealkylation sites (N-methyl/N-ethyl adjacent to an activating group) is 1. The van der Waals surface area contributed by atoms with Crippen LogP contribution in [-0.2, 0) is 9.59 Å². The van der Waals surface area contributed by atoms with Crippen molar-refractivity contribution in [2.45, 2.75) is 6.92 Å². The number of anilines is 2. The summed E-state index contributed by atoms with van der Waals surface area (Å²) in [5, 5.41) is 2.76. The lowest BCUT2D eigenvalue weighted by molar-refractivity contribution is -0.121. The smallest absolute Gasteiger partial charge is 0.265 e. The Morgan fingerprint density at radius 3 is 2.79 bits per heavy atom. The van der Waals surface area contributed by atoms with Gasteiger partial charge in [-0.1, -0.05) is 18.2 Å². The van der Waals surface area contributed by atoms with Crippen molar-refractivity contribution in [3.05, 3.63) is 48.5 Å². The van der Waals surface area contributed by atoms with Crippen LogP contribution in [0.1, 0.15) is 6.92 Å². The Morgan fingerprint density at radius 1 is 1.25 bits per heavy atom. The van der Waals surface area contributed by atoms with E-state index in [0.717, 1.165) is 0 Å². The van der Waals surface area contributed by atoms with E-state index in [9.17, 15) is 9.59 Å². The summed E-state index contributed by atoms with van der Waals surface area (Å²) in [7, 11) is 0. The Morgan fingerprint density at radius 2 is 2.04 bits per heavy atom. The quantitative estimate of drug-likeness (QED) is 0.916. The molecule has 0 unspecified atom stereocenters. The third-order valence-electron chi connectivity index (χ3n) is 3.62. The Bertz CT molecular complexity index is 746. The van der Waals surface area contributed by atoms with Gasteiger partial charge in [0, 0.05) is 12.2 Å². The van der Waals surface area contributed by atoms with Crippen LogP contribution >= 0.6 is 0 Å². The summed E-state index contributed by atoms with van der Waals surface area (Å²) in [5.41, 5.74) is 1.25. The van der Waals surface area contributed by atoms with Gasteiger partial charge in [0.15, 0.2) is 13.2 Å². The van der Waals surface area contributed by atoms with Gasteiger partial charge in [0.25, 0.3) is 11.8 Å². The van der Waals surface area contributed by atoms with E-state index in [1.165, 1.54) is 0 Å². The molecular formula is C18H18N2O4. The van der Waals surface area contributed by atoms with Crippen molar-refractivity contribution in [2.75, 3.05) is 30.0 Å². The number of para-hydroxylation sites is 1. The summed E-state index contributed by atoms with van der Waals surface area (Å²) < 4.78 is 10.8. The molecule has 0 radical (unpaired) electrons. The molecule has 6 heteroatoms. The van der Waals surface area contributed by atoms with Crippen molar-refractivity contribution in [3.63, 3.8) is 0 Å². The molecule has 124 valence electrons. The molecule has 2 aromatic carbocycles. The molecule has 0 fully saturated rings. The average molecular weight is 326 g/mol. The molecule has 1 N–H and O–H groups in total. The Balaban J connectivity index is 1.66. The van der Waals surface area contributed by atoms with Crippen LogP contribution in [0.5, 0.6) is 11.5 Å². The zero-order valence-electron chi connectivity index (χ0n) is 13.3. The van der Waals surface area contributed by atoms with Crippen molar-refractivity contribution in [1.29, 1.82) is 0 Å². The standard InChI is InChI=1S/C18H18N2O4/c1-2-20-15-10-13(8-9-16(15)24-12-18(20)22)19-17(21)11-23-14-6-4-3-5-7-14/h3-10H,2,11-12H2,1H3,(H,19,21). The van der Waals surface area contributed by atoms with Crippen LogP contribution in [0.4, 0.5) is 11.4 Å². The van der Waals surface area contributed by atoms with Gasteiger partial charge in [0.1, 0.15) is 11.5 Å². The first-order valence-electron chi connectivity index (χ1n) is 7.72. The van der Waals surface area contributed by atoms with Gasteiger partial charge in [-0.25, -0.2) is 0 Å². The van der Waals surface area contributed by atoms with E-state index in [2.05, 4.69) is 5.32 Å². The number of nitrogens with zero attached hydrogens (tertiary/aromatic N) is 1. The highest BCUT2D eigenvalue weighted by molar-refractivity contribution is 5.99. The molecular weight excluding hydrogens is 308 g/mol. The van der Waals surface area contributed by atoms with Crippen molar-refractivity contribution >= 4 is 23.2 Å². The molecule has 0 spiro atoms. The number of carbonyl (C=O) groups excluding carboxylic acids is 2. The molecule has 0 atom stereocenters. The zero-order valence-corrected chi connectivity index (χ0v) is 13.3. The molecule has 0 bridgehead atoms. The molecule has 1 aliphatic rings. The Labute approximate surface area is 140 Å². The summed E-state index contributed by atoms with van der Waals surface area (Å²) >= 11 is 0. The summed E-state index contributed by atoms with van der Waals surface area (Å²) in [4.78, 5) is 25.5. The number of amides is 2. The fourth-order valence-corrected chi connectivity index (χ4v) is 2.49. The molecule has 1 heterocycles. The van der Waals surface area contributed by atoms with Crippen LogP contribution in [0.25, 0.3) is 0 Å². The van der Waals surface area contributed by atoms with Crippen LogP contribution in [-0.4, -0.2) is 31.6 Å². The Kier molecular flexibility index (Phi) is 4.65. The normalized spacial score (nSPS) is 13.0. The topological polar surface area (TPSA) is 67.9 Å². The minimum Gasteiger partial charge on any atom is -0.484 e. The van der Waals surface area contributed by atoms with Gasteiger partial charge >= 0.3 is 0 Å². The van der Waals surface area contributed by atoms with Crippen molar-refractivity contribution in [2.24, 2.45) is 0 Å². The monoisotopic (exact) mass is 326 g/mol. The SMILES string of the molecule is CCN1C(=O)COc2ccc(NC(=O)COc3ccccc3)cc21. The molecule has 24 heavy (non-hydrogen) atoms. The third kappa shape index (κ3) is 3.48. The highest BCUT2D eigenvalue weighted by atomic mass is 16.5. The van der Waals surface area contributed by atoms with Gasteiger partial charge < -0.3 is 19.7 Å². The summed E-state index contributed by atoms with van der Waals surface area (Å²) in [6.45, 7) is 2.39. The highest BCUT2D eigenvalue weighted by Gasteiger charge is 2.24. The number of fused-ring (bicyclic) bond motifs is 1. The summed E-state index contributed by atoms with van der Waals surface area (Å²) in [5.74, 6) is 0.898. The fourth-order valence-electron chi connectivity index (χ4n) is 2.49. The second-order valence-corrected chi connectivity index (χ2v) is 5.26. The lowest BCUT2D eigenvalue weighted by atomic mass is 10.2. The van der Waals surface area contributed by atoms with Gasteiger partial charge in [-0.05, 0) is 37.3 Å². The molecule has 1 aliphatic heterocycles. The largest absolute Gasteiger partial charge is 0.484 e. The minimum absolute atomic E-state index is 0.0391. The van der Waals surface area contributed by atoms with E-state index in [4.69, 9.17) is 9.47 Å². The van der Waals surface area contributed by atoms with Crippen LogP contribution in [0.3, 0.4) is 0 Å². The fraction of sp³-hybridized carbons (Fsp3) is 0.222. The van der Waals surface area contributed by atoms with Crippen LogP contribution < -0.4 is 19.7 Å². The first-order chi connectivity index (χ1) is 11.7. The molecule has 0 aromatic heterocycles. The second-order valence-electron chi connectivity index (χ2n) is 5.26. The van der Waals surface area contributed by atoms with E-state index in [1.54, 1.807) is 35.2 Å². The van der Waals surface area contributed by atoms with Crippen molar-refractivity contribution < 1.29 is 19.1 Å². The second kappa shape index (κ2) is 7.04. The summed E-state index contributed by atoms with van der Waals surface area (Å²) in [6, 6.07) is 14.4. The van der Waals surface area contributed by atoms with Crippen LogP contribution in [0.15, 0.2) is 48.5 Å². The Hall–Kier alpha value is -3.02. The van der Waals surface area contributed by atoms with Gasteiger partial charge in [0.2, 0.25) is 0 Å². The number of ether oxygens (including phenoxy) is 2. The number of nitrogens with one attached hydrogen (secondary N) is 1. The highest BCUT2D eigenvalue weighted by Crippen LogP contribution is 2.34. The van der Waals surface area contributed by atoms with Gasteiger partial charge in [-0.15, -0.1) is 0 Å². The zero-order chi connectivity index (χ0) is 16.9. The maximum atomic E-state index is 12.0. The van der Waals surface area contributed by atoms with Crippen LogP contribution in [0, 0.1) is 0 Å². The molecule has 6 nitrogen and oxygen atoms in total. The predicted octanol–water partition coefficient (Wildman–Crippen LogP) is 2.45. The van der Waals surface area contributed by atoms with E-state index in [0.29, 0.717) is 29.4 Å². The van der Waals surface area contributed by atoms with E-state index in [1.807, 2.05) is 25.1 Å². The number of benzene rings is 2. The number of carbonyl (C=O) groups is 2. The maximum Gasteiger partial charge on any atom is 0.265 e. The number of hydrogen-bond donors (Lipinski definition) is 1. The number of rotatable bonds is 5. The van der Waals surface area contributed by atoms with Gasteiger partial charge in [0.05, 0.1) is 5.69 Å². The molecule has 2 amide bonds. The molecule has 0 aliphatic carbocycles. The number of hydrogen-bond acceptors (Lipinski definition) is 4. The molecule has 0 saturated carbocycles. The maximum absolute atomic E-state index is 12.0. The molecule has 2 aromatic rings. The lowest BCUT2D eigenvalue weighted by Crippen LogP contribution is -2.38. The third-order valence-corrected chi connectivity index (χ3v) is 3.62. The average Bonchev–Trinajstić information content (AvgIpc) is 2.61. The lowest BCUT2D eigenvalue weighted by Gasteiger charge is -2.28. The first-order valence-corrected chi connectivity index (χ1v) is 7.72. The van der Waals surface area contributed by atoms with Crippen molar-refractivity contribution in [3.8, 4) is 11.5 Å². The van der Waals surface area contributed by atoms with Gasteiger partial charge in [-0.3, -0.25) is 9.59 Å². The van der Waals surface area contributed by atoms with E-state index >= 15 is 0 Å². The van der Waals surface area contributed by atoms with E-state index < -0.39 is 0 Å². The first kappa shape index (κ1) is 15.9. The molecule has 0 saturated heterocycles. The van der Waals surface area contributed by atoms with Crippen LogP contribution in [0.2, 0.25) is 0 Å². The summed E-state index contributed by atoms with van der Waals surface area (Å²) in [6.07, 6.45) is 0. The van der Waals surface area contributed by atoms with Gasteiger partial charge in [-0.2, -0.15) is 0 Å².